The van der Waals surface area contributed by atoms with Crippen molar-refractivity contribution in [3.8, 4) is 0 Å². The Balaban J connectivity index is 1.16. The first-order valence-corrected chi connectivity index (χ1v) is 15.0. The topological polar surface area (TPSA) is 52.4 Å². The number of likely N-dealkylation sites (N-methyl/N-ethyl adjacent to an activating group) is 1. The van der Waals surface area contributed by atoms with Crippen molar-refractivity contribution in [1.29, 1.82) is 0 Å². The number of aliphatic imine (C=N–C) groups is 3. The predicted molar refractivity (Wildman–Crippen MR) is 178 cm³/mol. The van der Waals surface area contributed by atoms with Gasteiger partial charge in [-0.25, -0.2) is 9.98 Å². The van der Waals surface area contributed by atoms with Crippen molar-refractivity contribution < 1.29 is 0 Å². The highest BCUT2D eigenvalue weighted by atomic mass is 15.3. The Morgan fingerprint density at radius 3 is 2.35 bits per heavy atom. The van der Waals surface area contributed by atoms with Crippen LogP contribution in [0.2, 0.25) is 0 Å². The Hall–Kier alpha value is -5.03. The van der Waals surface area contributed by atoms with Crippen LogP contribution in [0.5, 0.6) is 0 Å². The number of amidine groups is 2. The van der Waals surface area contributed by atoms with Crippen LogP contribution in [0, 0.1) is 0 Å². The van der Waals surface area contributed by atoms with Gasteiger partial charge in [-0.05, 0) is 42.6 Å². The fourth-order valence-corrected chi connectivity index (χ4v) is 6.10. The van der Waals surface area contributed by atoms with Crippen molar-refractivity contribution in [2.45, 2.75) is 38.0 Å². The van der Waals surface area contributed by atoms with E-state index in [2.05, 4.69) is 109 Å². The summed E-state index contributed by atoms with van der Waals surface area (Å²) >= 11 is 0. The normalized spacial score (nSPS) is 24.6. The highest BCUT2D eigenvalue weighted by Crippen LogP contribution is 2.32. The van der Waals surface area contributed by atoms with Crippen molar-refractivity contribution in [2.75, 3.05) is 7.05 Å². The van der Waals surface area contributed by atoms with E-state index in [0.717, 1.165) is 41.2 Å². The van der Waals surface area contributed by atoms with Gasteiger partial charge in [-0.15, -0.1) is 0 Å². The number of dihydropyridines is 1. The highest BCUT2D eigenvalue weighted by Gasteiger charge is 2.30. The van der Waals surface area contributed by atoms with Crippen molar-refractivity contribution in [3.05, 3.63) is 166 Å². The molecule has 7 rings (SSSR count). The number of rotatable bonds is 5. The van der Waals surface area contributed by atoms with Gasteiger partial charge in [0.15, 0.2) is 12.0 Å². The monoisotopic (exact) mass is 561 g/mol. The van der Waals surface area contributed by atoms with E-state index in [1.54, 1.807) is 0 Å². The zero-order chi connectivity index (χ0) is 29.2. The molecular formula is C38H35N5. The van der Waals surface area contributed by atoms with Crippen LogP contribution in [0.3, 0.4) is 0 Å². The van der Waals surface area contributed by atoms with Crippen LogP contribution >= 0.6 is 0 Å². The summed E-state index contributed by atoms with van der Waals surface area (Å²) in [5.74, 6) is 1.64. The molecule has 3 aliphatic heterocycles. The Morgan fingerprint density at radius 2 is 1.53 bits per heavy atom. The molecule has 5 heteroatoms. The standard InChI is InChI=1S/C38H35N5/c1-26-23-31-17-10-5-11-20-33(31)35(40-26)28-19-12-18-27(21-22-28)34-24-32(25-39-34)38-42-36(29-13-6-3-7-14-29)41-37(43(38)2)30-15-8-4-9-16-30/h3-4,6-11,13-26,34,38,40H,5,12H2,1-2H3. The van der Waals surface area contributed by atoms with Gasteiger partial charge in [0.2, 0.25) is 0 Å². The smallest absolute Gasteiger partial charge is 0.159 e. The van der Waals surface area contributed by atoms with Gasteiger partial charge >= 0.3 is 0 Å². The molecule has 0 aromatic heterocycles. The lowest BCUT2D eigenvalue weighted by Crippen LogP contribution is -2.42. The van der Waals surface area contributed by atoms with Gasteiger partial charge < -0.3 is 10.2 Å². The predicted octanol–water partition coefficient (Wildman–Crippen LogP) is 7.03. The summed E-state index contributed by atoms with van der Waals surface area (Å²) in [7, 11) is 2.07. The van der Waals surface area contributed by atoms with E-state index in [9.17, 15) is 0 Å². The molecule has 5 nitrogen and oxygen atoms in total. The summed E-state index contributed by atoms with van der Waals surface area (Å²) < 4.78 is 0. The average Bonchev–Trinajstić information content (AvgIpc) is 3.23. The maximum Gasteiger partial charge on any atom is 0.159 e. The number of allylic oxidation sites excluding steroid dienone is 9. The summed E-state index contributed by atoms with van der Waals surface area (Å²) in [4.78, 5) is 17.3. The van der Waals surface area contributed by atoms with Crippen molar-refractivity contribution in [1.82, 2.24) is 10.2 Å². The minimum absolute atomic E-state index is 0.0473. The number of nitrogens with zero attached hydrogens (tertiary/aromatic N) is 4. The fourth-order valence-electron chi connectivity index (χ4n) is 6.10. The lowest BCUT2D eigenvalue weighted by Gasteiger charge is -2.32. The van der Waals surface area contributed by atoms with E-state index in [1.807, 2.05) is 42.6 Å². The zero-order valence-electron chi connectivity index (χ0n) is 24.6. The second-order valence-corrected chi connectivity index (χ2v) is 11.3. The summed E-state index contributed by atoms with van der Waals surface area (Å²) in [5, 5.41) is 3.72. The largest absolute Gasteiger partial charge is 0.378 e. The van der Waals surface area contributed by atoms with Gasteiger partial charge in [-0.1, -0.05) is 115 Å². The lowest BCUT2D eigenvalue weighted by molar-refractivity contribution is 0.426. The molecule has 0 radical (unpaired) electrons. The molecule has 0 amide bonds. The molecule has 2 aromatic carbocycles. The SMILES string of the molecule is CC1C=C2C=CCC=CC2=C(C2=CCC=C(C3C=C(C4N=C(c5ccccc5)N=C(c5ccccc5)N4C)C=N3)C=C2)N1. The molecule has 0 bridgehead atoms. The van der Waals surface area contributed by atoms with Gasteiger partial charge in [0.1, 0.15) is 5.84 Å². The molecule has 3 unspecified atom stereocenters. The third-order valence-electron chi connectivity index (χ3n) is 8.27. The third kappa shape index (κ3) is 5.46. The van der Waals surface area contributed by atoms with E-state index in [4.69, 9.17) is 15.0 Å². The average molecular weight is 562 g/mol. The third-order valence-corrected chi connectivity index (χ3v) is 8.27. The Bertz CT molecular complexity index is 1760. The molecule has 0 saturated heterocycles. The van der Waals surface area contributed by atoms with E-state index in [-0.39, 0.29) is 18.2 Å². The van der Waals surface area contributed by atoms with E-state index in [0.29, 0.717) is 0 Å². The first-order valence-electron chi connectivity index (χ1n) is 15.0. The summed E-state index contributed by atoms with van der Waals surface area (Å²) in [5.41, 5.74) is 9.32. The Labute approximate surface area is 253 Å². The van der Waals surface area contributed by atoms with Crippen molar-refractivity contribution in [3.63, 3.8) is 0 Å². The first-order chi connectivity index (χ1) is 21.1. The van der Waals surface area contributed by atoms with Crippen LogP contribution in [0.15, 0.2) is 170 Å². The minimum atomic E-state index is -0.221. The van der Waals surface area contributed by atoms with E-state index < -0.39 is 0 Å². The summed E-state index contributed by atoms with van der Waals surface area (Å²) in [6, 6.07) is 20.8. The maximum absolute atomic E-state index is 5.13. The molecule has 3 heterocycles. The van der Waals surface area contributed by atoms with Crippen LogP contribution in [-0.4, -0.2) is 48.1 Å². The number of fused-ring (bicyclic) bond motifs is 1. The van der Waals surface area contributed by atoms with Crippen molar-refractivity contribution >= 4 is 17.9 Å². The number of hydrogen-bond acceptors (Lipinski definition) is 5. The molecular weight excluding hydrogens is 526 g/mol. The zero-order valence-corrected chi connectivity index (χ0v) is 24.6. The second-order valence-electron chi connectivity index (χ2n) is 11.3. The van der Waals surface area contributed by atoms with Gasteiger partial charge in [0.25, 0.3) is 0 Å². The van der Waals surface area contributed by atoms with Crippen LogP contribution in [0.4, 0.5) is 0 Å². The minimum Gasteiger partial charge on any atom is -0.378 e. The first kappa shape index (κ1) is 26.8. The highest BCUT2D eigenvalue weighted by molar-refractivity contribution is 6.13. The number of hydrogen-bond donors (Lipinski definition) is 1. The molecule has 5 aliphatic rings. The molecule has 0 fully saturated rings. The van der Waals surface area contributed by atoms with Gasteiger partial charge in [0, 0.05) is 47.3 Å². The molecule has 2 aliphatic carbocycles. The molecule has 43 heavy (non-hydrogen) atoms. The van der Waals surface area contributed by atoms with Crippen LogP contribution < -0.4 is 5.32 Å². The van der Waals surface area contributed by atoms with E-state index in [1.165, 1.54) is 28.0 Å². The number of benzene rings is 2. The second kappa shape index (κ2) is 11.7. The van der Waals surface area contributed by atoms with Crippen molar-refractivity contribution in [2.24, 2.45) is 15.0 Å². The van der Waals surface area contributed by atoms with Crippen LogP contribution in [0.1, 0.15) is 30.9 Å². The fraction of sp³-hybridized carbons (Fsp3) is 0.184. The molecule has 0 saturated carbocycles. The maximum atomic E-state index is 5.13. The van der Waals surface area contributed by atoms with E-state index >= 15 is 0 Å². The Morgan fingerprint density at radius 1 is 0.767 bits per heavy atom. The molecule has 212 valence electrons. The van der Waals surface area contributed by atoms with Gasteiger partial charge in [-0.3, -0.25) is 4.99 Å². The molecule has 3 atom stereocenters. The van der Waals surface area contributed by atoms with Gasteiger partial charge in [0.05, 0.1) is 6.04 Å². The quantitative estimate of drug-likeness (QED) is 0.426. The molecule has 2 aromatic rings. The number of nitrogens with one attached hydrogen (secondary N) is 1. The molecule has 0 spiro atoms. The lowest BCUT2D eigenvalue weighted by atomic mass is 9.93. The Kier molecular flexibility index (Phi) is 7.30. The van der Waals surface area contributed by atoms with Crippen LogP contribution in [-0.2, 0) is 0 Å². The summed E-state index contributed by atoms with van der Waals surface area (Å²) in [6.07, 6.45) is 26.2. The van der Waals surface area contributed by atoms with Crippen LogP contribution in [0.25, 0.3) is 0 Å². The molecule has 1 N–H and O–H groups in total. The summed E-state index contributed by atoms with van der Waals surface area (Å²) in [6.45, 7) is 2.21. The van der Waals surface area contributed by atoms with Gasteiger partial charge in [-0.2, -0.15) is 0 Å².